The van der Waals surface area contributed by atoms with E-state index in [2.05, 4.69) is 15.4 Å². The smallest absolute Gasteiger partial charge is 0.246 e. The van der Waals surface area contributed by atoms with Gasteiger partial charge in [0, 0.05) is 19.6 Å². The van der Waals surface area contributed by atoms with E-state index in [1.165, 1.54) is 7.11 Å². The number of carbonyl (C=O) groups is 2. The highest BCUT2D eigenvalue weighted by Gasteiger charge is 2.30. The summed E-state index contributed by atoms with van der Waals surface area (Å²) in [4.78, 5) is 22.5. The van der Waals surface area contributed by atoms with Crippen molar-refractivity contribution < 1.29 is 28.2 Å². The Morgan fingerprint density at radius 3 is 2.38 bits per heavy atom. The van der Waals surface area contributed by atoms with E-state index in [0.717, 1.165) is 0 Å². The number of hydrogen-bond donors (Lipinski definition) is 2. The number of amides is 2. The predicted molar refractivity (Wildman–Crippen MR) is 88.5 cm³/mol. The van der Waals surface area contributed by atoms with E-state index in [0.29, 0.717) is 13.2 Å². The van der Waals surface area contributed by atoms with E-state index >= 15 is 0 Å². The first-order valence-corrected chi connectivity index (χ1v) is 8.09. The average molecular weight is 350 g/mol. The number of methoxy groups -OCH3 is 1. The van der Waals surface area contributed by atoms with Crippen LogP contribution in [0.5, 0.6) is 0 Å². The van der Waals surface area contributed by atoms with Gasteiger partial charge in [-0.1, -0.05) is 13.8 Å². The standard InChI is InChI=1S/C16H31FN2O5/c1-12(2)15(21)19-10-13(17)16(3,4)24-9-8-23-7-6-18-14(20)11-22-5/h12-13H,6-11H2,1-5H3,(H,18,20)(H,19,21). The minimum atomic E-state index is -1.33. The number of hydrogen-bond acceptors (Lipinski definition) is 5. The summed E-state index contributed by atoms with van der Waals surface area (Å²) in [6.45, 7) is 7.90. The first-order valence-electron chi connectivity index (χ1n) is 8.09. The van der Waals surface area contributed by atoms with Crippen LogP contribution in [-0.2, 0) is 23.8 Å². The van der Waals surface area contributed by atoms with Gasteiger partial charge in [-0.2, -0.15) is 0 Å². The van der Waals surface area contributed by atoms with Crippen molar-refractivity contribution in [2.24, 2.45) is 5.92 Å². The molecule has 0 saturated heterocycles. The number of carbonyl (C=O) groups excluding carboxylic acids is 2. The van der Waals surface area contributed by atoms with Crippen LogP contribution < -0.4 is 10.6 Å². The molecule has 7 nitrogen and oxygen atoms in total. The highest BCUT2D eigenvalue weighted by atomic mass is 19.1. The second-order valence-corrected chi connectivity index (χ2v) is 6.21. The molecular formula is C16H31FN2O5. The monoisotopic (exact) mass is 350 g/mol. The van der Waals surface area contributed by atoms with Crippen LogP contribution in [0.2, 0.25) is 0 Å². The molecule has 0 fully saturated rings. The molecule has 1 atom stereocenters. The summed E-state index contributed by atoms with van der Waals surface area (Å²) < 4.78 is 29.6. The molecule has 2 N–H and O–H groups in total. The quantitative estimate of drug-likeness (QED) is 0.477. The van der Waals surface area contributed by atoms with E-state index in [9.17, 15) is 14.0 Å². The van der Waals surface area contributed by atoms with Gasteiger partial charge in [0.1, 0.15) is 12.8 Å². The third-order valence-corrected chi connectivity index (χ3v) is 3.28. The Kier molecular flexibility index (Phi) is 11.5. The summed E-state index contributed by atoms with van der Waals surface area (Å²) in [6.07, 6.45) is -1.33. The zero-order chi connectivity index (χ0) is 18.6. The molecule has 2 amide bonds. The molecule has 24 heavy (non-hydrogen) atoms. The molecule has 1 unspecified atom stereocenters. The SMILES string of the molecule is COCC(=O)NCCOCCOC(C)(C)C(F)CNC(=O)C(C)C. The molecule has 0 rings (SSSR count). The minimum absolute atomic E-state index is 0.0164. The summed E-state index contributed by atoms with van der Waals surface area (Å²) in [5, 5.41) is 5.17. The van der Waals surface area contributed by atoms with Crippen LogP contribution in [0.25, 0.3) is 0 Å². The van der Waals surface area contributed by atoms with Gasteiger partial charge in [0.05, 0.1) is 32.0 Å². The molecule has 8 heteroatoms. The zero-order valence-corrected chi connectivity index (χ0v) is 15.3. The fraction of sp³-hybridized carbons (Fsp3) is 0.875. The fourth-order valence-corrected chi connectivity index (χ4v) is 1.64. The highest BCUT2D eigenvalue weighted by molar-refractivity contribution is 5.77. The van der Waals surface area contributed by atoms with Crippen molar-refractivity contribution in [1.82, 2.24) is 10.6 Å². The molecular weight excluding hydrogens is 319 g/mol. The Hall–Kier alpha value is -1.25. The van der Waals surface area contributed by atoms with Crippen molar-refractivity contribution in [3.05, 3.63) is 0 Å². The van der Waals surface area contributed by atoms with Gasteiger partial charge in [-0.15, -0.1) is 0 Å². The van der Waals surface area contributed by atoms with Crippen LogP contribution in [0.4, 0.5) is 4.39 Å². The second-order valence-electron chi connectivity index (χ2n) is 6.21. The van der Waals surface area contributed by atoms with E-state index in [1.807, 2.05) is 0 Å². The summed E-state index contributed by atoms with van der Waals surface area (Å²) >= 11 is 0. The third-order valence-electron chi connectivity index (χ3n) is 3.28. The Morgan fingerprint density at radius 2 is 1.79 bits per heavy atom. The molecule has 0 radical (unpaired) electrons. The Morgan fingerprint density at radius 1 is 1.12 bits per heavy atom. The summed E-state index contributed by atoms with van der Waals surface area (Å²) in [7, 11) is 1.45. The van der Waals surface area contributed by atoms with Crippen LogP contribution in [0.3, 0.4) is 0 Å². The van der Waals surface area contributed by atoms with E-state index in [-0.39, 0.29) is 44.1 Å². The van der Waals surface area contributed by atoms with Crippen LogP contribution in [0.1, 0.15) is 27.7 Å². The Bertz CT molecular complexity index is 377. The summed E-state index contributed by atoms with van der Waals surface area (Å²) in [6, 6.07) is 0. The van der Waals surface area contributed by atoms with Crippen LogP contribution in [0, 0.1) is 5.92 Å². The van der Waals surface area contributed by atoms with E-state index < -0.39 is 11.8 Å². The maximum atomic E-state index is 14.2. The number of rotatable bonds is 13. The average Bonchev–Trinajstić information content (AvgIpc) is 2.51. The van der Waals surface area contributed by atoms with Crippen molar-refractivity contribution in [3.63, 3.8) is 0 Å². The lowest BCUT2D eigenvalue weighted by Gasteiger charge is -2.29. The third kappa shape index (κ3) is 10.5. The first kappa shape index (κ1) is 22.8. The Labute approximate surface area is 143 Å². The van der Waals surface area contributed by atoms with Gasteiger partial charge >= 0.3 is 0 Å². The maximum Gasteiger partial charge on any atom is 0.246 e. The van der Waals surface area contributed by atoms with Crippen molar-refractivity contribution in [2.75, 3.05) is 46.6 Å². The van der Waals surface area contributed by atoms with Gasteiger partial charge in [-0.3, -0.25) is 9.59 Å². The largest absolute Gasteiger partial charge is 0.377 e. The molecule has 0 aliphatic carbocycles. The molecule has 0 spiro atoms. The van der Waals surface area contributed by atoms with Gasteiger partial charge < -0.3 is 24.8 Å². The molecule has 0 bridgehead atoms. The maximum absolute atomic E-state index is 14.2. The number of nitrogens with one attached hydrogen (secondary N) is 2. The van der Waals surface area contributed by atoms with Gasteiger partial charge in [-0.05, 0) is 13.8 Å². The predicted octanol–water partition coefficient (Wildman–Crippen LogP) is 0.671. The van der Waals surface area contributed by atoms with Crippen molar-refractivity contribution in [2.45, 2.75) is 39.5 Å². The van der Waals surface area contributed by atoms with Crippen LogP contribution >= 0.6 is 0 Å². The second kappa shape index (κ2) is 12.2. The van der Waals surface area contributed by atoms with Crippen molar-refractivity contribution in [1.29, 1.82) is 0 Å². The summed E-state index contributed by atoms with van der Waals surface area (Å²) in [5.41, 5.74) is -1.03. The fourth-order valence-electron chi connectivity index (χ4n) is 1.64. The first-order chi connectivity index (χ1) is 11.2. The number of alkyl halides is 1. The van der Waals surface area contributed by atoms with Gasteiger partial charge in [0.2, 0.25) is 11.8 Å². The molecule has 0 aromatic heterocycles. The van der Waals surface area contributed by atoms with Gasteiger partial charge in [0.15, 0.2) is 0 Å². The number of ether oxygens (including phenoxy) is 3. The van der Waals surface area contributed by atoms with Gasteiger partial charge in [-0.25, -0.2) is 4.39 Å². The lowest BCUT2D eigenvalue weighted by atomic mass is 10.0. The molecule has 0 aromatic rings. The number of halogens is 1. The molecule has 0 saturated carbocycles. The molecule has 0 aliphatic rings. The van der Waals surface area contributed by atoms with Crippen molar-refractivity contribution in [3.8, 4) is 0 Å². The topological polar surface area (TPSA) is 85.9 Å². The van der Waals surface area contributed by atoms with E-state index in [4.69, 9.17) is 9.47 Å². The van der Waals surface area contributed by atoms with Crippen LogP contribution in [0.15, 0.2) is 0 Å². The molecule has 0 aliphatic heterocycles. The van der Waals surface area contributed by atoms with Gasteiger partial charge in [0.25, 0.3) is 0 Å². The van der Waals surface area contributed by atoms with E-state index in [1.54, 1.807) is 27.7 Å². The zero-order valence-electron chi connectivity index (χ0n) is 15.3. The molecule has 142 valence electrons. The van der Waals surface area contributed by atoms with Crippen LogP contribution in [-0.4, -0.2) is 70.2 Å². The highest BCUT2D eigenvalue weighted by Crippen LogP contribution is 2.17. The molecule has 0 heterocycles. The normalized spacial score (nSPS) is 13.0. The summed E-state index contributed by atoms with van der Waals surface area (Å²) in [5.74, 6) is -0.575. The van der Waals surface area contributed by atoms with Crippen molar-refractivity contribution >= 4 is 11.8 Å². The lowest BCUT2D eigenvalue weighted by Crippen LogP contribution is -2.45. The molecule has 0 aromatic carbocycles. The Balaban J connectivity index is 3.79. The minimum Gasteiger partial charge on any atom is -0.377 e. The lowest BCUT2D eigenvalue weighted by molar-refractivity contribution is -0.125.